The van der Waals surface area contributed by atoms with Crippen LogP contribution in [0.15, 0.2) is 24.5 Å². The number of carbonyl (C=O) groups excluding carboxylic acids is 1. The van der Waals surface area contributed by atoms with Crippen LogP contribution >= 0.6 is 0 Å². The summed E-state index contributed by atoms with van der Waals surface area (Å²) >= 11 is 0. The molecule has 0 fully saturated rings. The second-order valence-corrected chi connectivity index (χ2v) is 5.11. The SMILES string of the molecule is Cc1cc(C)c(CNc2cnn(CC(N)=O)c2)cc1C. The Hall–Kier alpha value is -2.30. The second kappa shape index (κ2) is 5.77. The average Bonchev–Trinajstić information content (AvgIpc) is 2.79. The summed E-state index contributed by atoms with van der Waals surface area (Å²) in [4.78, 5) is 10.8. The molecule has 106 valence electrons. The number of nitrogens with zero attached hydrogens (tertiary/aromatic N) is 2. The van der Waals surface area contributed by atoms with Crippen LogP contribution in [0, 0.1) is 20.8 Å². The molecule has 5 nitrogen and oxygen atoms in total. The lowest BCUT2D eigenvalue weighted by Crippen LogP contribution is -2.18. The Morgan fingerprint density at radius 3 is 2.65 bits per heavy atom. The van der Waals surface area contributed by atoms with E-state index in [1.165, 1.54) is 26.9 Å². The standard InChI is InChI=1S/C15H20N4O/c1-10-4-12(3)13(5-11(10)2)6-17-14-7-18-19(8-14)9-15(16)20/h4-5,7-8,17H,6,9H2,1-3H3,(H2,16,20). The minimum Gasteiger partial charge on any atom is -0.378 e. The molecule has 0 spiro atoms. The molecule has 0 radical (unpaired) electrons. The maximum atomic E-state index is 10.8. The first-order chi connectivity index (χ1) is 9.45. The van der Waals surface area contributed by atoms with Crippen molar-refractivity contribution < 1.29 is 4.79 Å². The quantitative estimate of drug-likeness (QED) is 0.873. The van der Waals surface area contributed by atoms with Crippen LogP contribution in [0.5, 0.6) is 0 Å². The van der Waals surface area contributed by atoms with Crippen molar-refractivity contribution in [2.24, 2.45) is 5.73 Å². The van der Waals surface area contributed by atoms with E-state index in [4.69, 9.17) is 5.73 Å². The number of anilines is 1. The van der Waals surface area contributed by atoms with E-state index in [1.54, 1.807) is 12.4 Å². The zero-order chi connectivity index (χ0) is 14.7. The van der Waals surface area contributed by atoms with E-state index in [2.05, 4.69) is 43.3 Å². The van der Waals surface area contributed by atoms with Crippen LogP contribution in [0.1, 0.15) is 22.3 Å². The van der Waals surface area contributed by atoms with Crippen LogP contribution in [0.2, 0.25) is 0 Å². The molecule has 0 unspecified atom stereocenters. The number of aromatic nitrogens is 2. The van der Waals surface area contributed by atoms with Crippen LogP contribution in [0.25, 0.3) is 0 Å². The first-order valence-electron chi connectivity index (χ1n) is 6.57. The summed E-state index contributed by atoms with van der Waals surface area (Å²) in [7, 11) is 0. The summed E-state index contributed by atoms with van der Waals surface area (Å²) in [6.07, 6.45) is 3.47. The highest BCUT2D eigenvalue weighted by Crippen LogP contribution is 2.17. The molecular formula is C15H20N4O. The van der Waals surface area contributed by atoms with Crippen LogP contribution in [-0.4, -0.2) is 15.7 Å². The third-order valence-corrected chi connectivity index (χ3v) is 3.39. The molecule has 3 N–H and O–H groups in total. The third-order valence-electron chi connectivity index (χ3n) is 3.39. The van der Waals surface area contributed by atoms with Gasteiger partial charge in [0.2, 0.25) is 5.91 Å². The summed E-state index contributed by atoms with van der Waals surface area (Å²) in [5.74, 6) is -0.398. The van der Waals surface area contributed by atoms with Crippen molar-refractivity contribution in [3.05, 3.63) is 46.8 Å². The highest BCUT2D eigenvalue weighted by atomic mass is 16.1. The summed E-state index contributed by atoms with van der Waals surface area (Å²) in [5.41, 5.74) is 11.1. The fourth-order valence-corrected chi connectivity index (χ4v) is 2.11. The number of hydrogen-bond acceptors (Lipinski definition) is 3. The molecule has 1 amide bonds. The highest BCUT2D eigenvalue weighted by Gasteiger charge is 2.04. The van der Waals surface area contributed by atoms with Gasteiger partial charge in [-0.3, -0.25) is 9.48 Å². The maximum Gasteiger partial charge on any atom is 0.239 e. The number of carbonyl (C=O) groups is 1. The van der Waals surface area contributed by atoms with Crippen molar-refractivity contribution >= 4 is 11.6 Å². The number of nitrogens with two attached hydrogens (primary N) is 1. The molecule has 5 heteroatoms. The molecular weight excluding hydrogens is 252 g/mol. The van der Waals surface area contributed by atoms with Crippen molar-refractivity contribution in [1.82, 2.24) is 9.78 Å². The van der Waals surface area contributed by atoms with E-state index >= 15 is 0 Å². The van der Waals surface area contributed by atoms with E-state index in [0.717, 1.165) is 12.2 Å². The van der Waals surface area contributed by atoms with Gasteiger partial charge in [0.05, 0.1) is 11.9 Å². The third kappa shape index (κ3) is 3.38. The lowest BCUT2D eigenvalue weighted by molar-refractivity contribution is -0.118. The Morgan fingerprint density at radius 1 is 1.25 bits per heavy atom. The number of primary amides is 1. The van der Waals surface area contributed by atoms with Gasteiger partial charge in [-0.15, -0.1) is 0 Å². The van der Waals surface area contributed by atoms with Gasteiger partial charge in [-0.2, -0.15) is 5.10 Å². The van der Waals surface area contributed by atoms with E-state index in [9.17, 15) is 4.79 Å². The van der Waals surface area contributed by atoms with Crippen molar-refractivity contribution in [2.75, 3.05) is 5.32 Å². The van der Waals surface area contributed by atoms with Gasteiger partial charge < -0.3 is 11.1 Å². The molecule has 2 aromatic rings. The number of rotatable bonds is 5. The van der Waals surface area contributed by atoms with E-state index in [1.807, 2.05) is 0 Å². The fraction of sp³-hybridized carbons (Fsp3) is 0.333. The number of hydrogen-bond donors (Lipinski definition) is 2. The monoisotopic (exact) mass is 272 g/mol. The Labute approximate surface area is 118 Å². The van der Waals surface area contributed by atoms with Gasteiger partial charge in [0, 0.05) is 12.7 Å². The number of amides is 1. The Bertz CT molecular complexity index is 631. The summed E-state index contributed by atoms with van der Waals surface area (Å²) < 4.78 is 1.53. The molecule has 0 saturated carbocycles. The Morgan fingerprint density at radius 2 is 1.95 bits per heavy atom. The van der Waals surface area contributed by atoms with Gasteiger partial charge in [-0.05, 0) is 43.0 Å². The molecule has 0 bridgehead atoms. The van der Waals surface area contributed by atoms with E-state index < -0.39 is 5.91 Å². The van der Waals surface area contributed by atoms with Crippen LogP contribution in [-0.2, 0) is 17.9 Å². The Balaban J connectivity index is 2.03. The van der Waals surface area contributed by atoms with Crippen LogP contribution < -0.4 is 11.1 Å². The van der Waals surface area contributed by atoms with Gasteiger partial charge in [-0.25, -0.2) is 0 Å². The second-order valence-electron chi connectivity index (χ2n) is 5.11. The first-order valence-corrected chi connectivity index (χ1v) is 6.57. The lowest BCUT2D eigenvalue weighted by Gasteiger charge is -2.10. The maximum absolute atomic E-state index is 10.8. The van der Waals surface area contributed by atoms with E-state index in [-0.39, 0.29) is 6.54 Å². The molecule has 0 aliphatic heterocycles. The zero-order valence-electron chi connectivity index (χ0n) is 12.1. The lowest BCUT2D eigenvalue weighted by atomic mass is 10.0. The first kappa shape index (κ1) is 14.1. The van der Waals surface area contributed by atoms with Crippen LogP contribution in [0.3, 0.4) is 0 Å². The van der Waals surface area contributed by atoms with Gasteiger partial charge in [0.1, 0.15) is 6.54 Å². The molecule has 2 rings (SSSR count). The molecule has 20 heavy (non-hydrogen) atoms. The molecule has 0 aliphatic carbocycles. The van der Waals surface area contributed by atoms with Gasteiger partial charge >= 0.3 is 0 Å². The van der Waals surface area contributed by atoms with Gasteiger partial charge in [0.25, 0.3) is 0 Å². The van der Waals surface area contributed by atoms with Crippen LogP contribution in [0.4, 0.5) is 5.69 Å². The fourth-order valence-electron chi connectivity index (χ4n) is 2.11. The zero-order valence-corrected chi connectivity index (χ0v) is 12.1. The number of nitrogens with one attached hydrogen (secondary N) is 1. The molecule has 1 heterocycles. The molecule has 1 aromatic carbocycles. The topological polar surface area (TPSA) is 72.9 Å². The van der Waals surface area contributed by atoms with Crippen molar-refractivity contribution in [3.63, 3.8) is 0 Å². The normalized spacial score (nSPS) is 10.6. The van der Waals surface area contributed by atoms with Crippen molar-refractivity contribution in [3.8, 4) is 0 Å². The van der Waals surface area contributed by atoms with E-state index in [0.29, 0.717) is 0 Å². The van der Waals surface area contributed by atoms with Crippen molar-refractivity contribution in [2.45, 2.75) is 33.9 Å². The summed E-state index contributed by atoms with van der Waals surface area (Å²) in [6, 6.07) is 4.40. The predicted octanol–water partition coefficient (Wildman–Crippen LogP) is 1.91. The predicted molar refractivity (Wildman–Crippen MR) is 79.4 cm³/mol. The smallest absolute Gasteiger partial charge is 0.239 e. The number of benzene rings is 1. The van der Waals surface area contributed by atoms with Gasteiger partial charge in [-0.1, -0.05) is 12.1 Å². The average molecular weight is 272 g/mol. The minimum absolute atomic E-state index is 0.102. The summed E-state index contributed by atoms with van der Waals surface area (Å²) in [5, 5.41) is 7.38. The Kier molecular flexibility index (Phi) is 4.08. The largest absolute Gasteiger partial charge is 0.378 e. The van der Waals surface area contributed by atoms with Gasteiger partial charge in [0.15, 0.2) is 0 Å². The molecule has 0 saturated heterocycles. The van der Waals surface area contributed by atoms with Crippen molar-refractivity contribution in [1.29, 1.82) is 0 Å². The minimum atomic E-state index is -0.398. The number of aryl methyl sites for hydroxylation is 3. The highest BCUT2D eigenvalue weighted by molar-refractivity contribution is 5.73. The summed E-state index contributed by atoms with van der Waals surface area (Å²) in [6.45, 7) is 7.18. The molecule has 0 atom stereocenters. The molecule has 1 aromatic heterocycles. The molecule has 0 aliphatic rings.